The molecule has 2 atom stereocenters. The van der Waals surface area contributed by atoms with Crippen molar-refractivity contribution in [1.29, 1.82) is 5.26 Å². The fourth-order valence-corrected chi connectivity index (χ4v) is 4.37. The topological polar surface area (TPSA) is 102 Å². The van der Waals surface area contributed by atoms with Crippen LogP contribution in [0.25, 0.3) is 0 Å². The van der Waals surface area contributed by atoms with E-state index < -0.39 is 17.7 Å². The zero-order valence-electron chi connectivity index (χ0n) is 14.8. The molecule has 2 aliphatic rings. The first-order valence-corrected chi connectivity index (χ1v) is 9.80. The van der Waals surface area contributed by atoms with E-state index in [0.29, 0.717) is 16.5 Å². The standard InChI is InChI=1S/C19H17Cl2N5O2/c20-10-4-5-11(13(21)8-10)14-12(9-22)17(27)23-16-15(14)18(28)25-19(24-16)26-6-2-1-3-7-26/h4-5,8,12,14H,1-3,6-7H2,(H2,23,24,25,27,28)/t12-,14-/m0/s1. The van der Waals surface area contributed by atoms with Crippen molar-refractivity contribution in [3.05, 3.63) is 49.7 Å². The lowest BCUT2D eigenvalue weighted by atomic mass is 9.79. The molecule has 2 aromatic rings. The Hall–Kier alpha value is -2.56. The van der Waals surface area contributed by atoms with Crippen LogP contribution in [0.1, 0.15) is 36.3 Å². The van der Waals surface area contributed by atoms with Gasteiger partial charge in [-0.1, -0.05) is 29.3 Å². The van der Waals surface area contributed by atoms with Gasteiger partial charge >= 0.3 is 0 Å². The molecule has 0 radical (unpaired) electrons. The molecule has 0 aliphatic carbocycles. The van der Waals surface area contributed by atoms with Gasteiger partial charge in [-0.15, -0.1) is 0 Å². The first-order chi connectivity index (χ1) is 13.5. The first-order valence-electron chi connectivity index (χ1n) is 9.04. The number of piperidine rings is 1. The summed E-state index contributed by atoms with van der Waals surface area (Å²) in [4.78, 5) is 34.9. The summed E-state index contributed by atoms with van der Waals surface area (Å²) >= 11 is 12.3. The molecule has 1 fully saturated rings. The van der Waals surface area contributed by atoms with Gasteiger partial charge in [-0.2, -0.15) is 10.2 Å². The Labute approximate surface area is 171 Å². The summed E-state index contributed by atoms with van der Waals surface area (Å²) in [6, 6.07) is 6.78. The molecule has 1 aromatic carbocycles. The lowest BCUT2D eigenvalue weighted by molar-refractivity contribution is -0.119. The average Bonchev–Trinajstić information content (AvgIpc) is 2.67. The minimum atomic E-state index is -1.10. The second-order valence-electron chi connectivity index (χ2n) is 6.94. The van der Waals surface area contributed by atoms with Crippen LogP contribution in [-0.2, 0) is 4.79 Å². The highest BCUT2D eigenvalue weighted by Crippen LogP contribution is 2.41. The highest BCUT2D eigenvalue weighted by molar-refractivity contribution is 6.35. The van der Waals surface area contributed by atoms with Crippen LogP contribution in [0, 0.1) is 17.2 Å². The number of nitrogens with zero attached hydrogens (tertiary/aromatic N) is 3. The normalized spacial score (nSPS) is 21.6. The van der Waals surface area contributed by atoms with Gasteiger partial charge in [-0.3, -0.25) is 14.6 Å². The predicted octanol–water partition coefficient (Wildman–Crippen LogP) is 3.29. The van der Waals surface area contributed by atoms with Crippen LogP contribution in [0.5, 0.6) is 0 Å². The van der Waals surface area contributed by atoms with E-state index in [0.717, 1.165) is 32.4 Å². The highest BCUT2D eigenvalue weighted by Gasteiger charge is 2.41. The smallest absolute Gasteiger partial charge is 0.258 e. The molecule has 144 valence electrons. The number of carbonyl (C=O) groups excluding carboxylic acids is 1. The lowest BCUT2D eigenvalue weighted by Crippen LogP contribution is -2.40. The Morgan fingerprint density at radius 1 is 1.18 bits per heavy atom. The fourth-order valence-electron chi connectivity index (χ4n) is 3.84. The van der Waals surface area contributed by atoms with Gasteiger partial charge in [0.25, 0.3) is 5.56 Å². The molecule has 1 aromatic heterocycles. The van der Waals surface area contributed by atoms with Crippen LogP contribution in [0.3, 0.4) is 0 Å². The number of aromatic nitrogens is 2. The number of hydrogen-bond donors (Lipinski definition) is 2. The number of fused-ring (bicyclic) bond motifs is 1. The molecule has 1 amide bonds. The minimum Gasteiger partial charge on any atom is -0.342 e. The molecule has 28 heavy (non-hydrogen) atoms. The molecule has 0 unspecified atom stereocenters. The molecule has 4 rings (SSSR count). The third-order valence-electron chi connectivity index (χ3n) is 5.20. The highest BCUT2D eigenvalue weighted by atomic mass is 35.5. The quantitative estimate of drug-likeness (QED) is 0.780. The molecule has 1 saturated heterocycles. The van der Waals surface area contributed by atoms with E-state index in [2.05, 4.69) is 15.3 Å². The lowest BCUT2D eigenvalue weighted by Gasteiger charge is -2.31. The second-order valence-corrected chi connectivity index (χ2v) is 7.78. The van der Waals surface area contributed by atoms with Crippen LogP contribution in [0.15, 0.2) is 23.0 Å². The zero-order valence-corrected chi connectivity index (χ0v) is 16.3. The van der Waals surface area contributed by atoms with Crippen molar-refractivity contribution in [3.8, 4) is 6.07 Å². The zero-order chi connectivity index (χ0) is 19.8. The van der Waals surface area contributed by atoms with E-state index in [4.69, 9.17) is 23.2 Å². The van der Waals surface area contributed by atoms with E-state index in [1.54, 1.807) is 12.1 Å². The van der Waals surface area contributed by atoms with Crippen LogP contribution in [0.4, 0.5) is 11.8 Å². The van der Waals surface area contributed by atoms with Crippen LogP contribution >= 0.6 is 23.2 Å². The van der Waals surface area contributed by atoms with Crippen molar-refractivity contribution in [2.75, 3.05) is 23.3 Å². The number of H-pyrrole nitrogens is 1. The van der Waals surface area contributed by atoms with Crippen LogP contribution in [-0.4, -0.2) is 29.0 Å². The third-order valence-corrected chi connectivity index (χ3v) is 5.77. The maximum Gasteiger partial charge on any atom is 0.258 e. The largest absolute Gasteiger partial charge is 0.342 e. The van der Waals surface area contributed by atoms with Crippen molar-refractivity contribution >= 4 is 40.9 Å². The van der Waals surface area contributed by atoms with Crippen LogP contribution < -0.4 is 15.8 Å². The summed E-state index contributed by atoms with van der Waals surface area (Å²) in [7, 11) is 0. The number of aromatic amines is 1. The van der Waals surface area contributed by atoms with Gasteiger partial charge in [0.2, 0.25) is 11.9 Å². The van der Waals surface area contributed by atoms with Gasteiger partial charge in [0.15, 0.2) is 0 Å². The van der Waals surface area contributed by atoms with E-state index in [1.807, 2.05) is 11.0 Å². The Morgan fingerprint density at radius 3 is 2.61 bits per heavy atom. The molecular weight excluding hydrogens is 401 g/mol. The predicted molar refractivity (Wildman–Crippen MR) is 107 cm³/mol. The number of nitriles is 1. The molecule has 0 saturated carbocycles. The van der Waals surface area contributed by atoms with E-state index in [9.17, 15) is 14.9 Å². The number of anilines is 2. The number of halogens is 2. The summed E-state index contributed by atoms with van der Waals surface area (Å²) in [5, 5.41) is 12.9. The average molecular weight is 418 g/mol. The summed E-state index contributed by atoms with van der Waals surface area (Å²) in [6.45, 7) is 1.59. The number of hydrogen-bond acceptors (Lipinski definition) is 5. The van der Waals surface area contributed by atoms with Gasteiger partial charge in [-0.05, 0) is 37.0 Å². The molecule has 0 bridgehead atoms. The van der Waals surface area contributed by atoms with Crippen molar-refractivity contribution in [2.45, 2.75) is 25.2 Å². The van der Waals surface area contributed by atoms with E-state index in [1.165, 1.54) is 6.07 Å². The Morgan fingerprint density at radius 2 is 1.93 bits per heavy atom. The molecule has 7 nitrogen and oxygen atoms in total. The molecule has 2 aliphatic heterocycles. The second kappa shape index (κ2) is 7.46. The van der Waals surface area contributed by atoms with Crippen molar-refractivity contribution in [1.82, 2.24) is 9.97 Å². The van der Waals surface area contributed by atoms with E-state index >= 15 is 0 Å². The Balaban J connectivity index is 1.87. The molecule has 0 spiro atoms. The number of nitrogens with one attached hydrogen (secondary N) is 2. The van der Waals surface area contributed by atoms with Gasteiger partial charge in [0.1, 0.15) is 11.7 Å². The monoisotopic (exact) mass is 417 g/mol. The Kier molecular flexibility index (Phi) is 5.00. The third kappa shape index (κ3) is 3.23. The summed E-state index contributed by atoms with van der Waals surface area (Å²) in [5.74, 6) is -1.83. The summed E-state index contributed by atoms with van der Waals surface area (Å²) < 4.78 is 0. The van der Waals surface area contributed by atoms with Gasteiger partial charge in [0.05, 0.1) is 11.6 Å². The first kappa shape index (κ1) is 18.8. The molecule has 9 heteroatoms. The van der Waals surface area contributed by atoms with Crippen molar-refractivity contribution in [3.63, 3.8) is 0 Å². The van der Waals surface area contributed by atoms with Crippen LogP contribution in [0.2, 0.25) is 10.0 Å². The van der Waals surface area contributed by atoms with Crippen molar-refractivity contribution in [2.24, 2.45) is 5.92 Å². The number of benzene rings is 1. The molecular formula is C19H17Cl2N5O2. The van der Waals surface area contributed by atoms with E-state index in [-0.39, 0.29) is 22.0 Å². The summed E-state index contributed by atoms with van der Waals surface area (Å²) in [5.41, 5.74) is 0.338. The maximum absolute atomic E-state index is 13.0. The van der Waals surface area contributed by atoms with Gasteiger partial charge < -0.3 is 10.2 Å². The molecule has 3 heterocycles. The molecule has 2 N–H and O–H groups in total. The Bertz CT molecular complexity index is 1040. The van der Waals surface area contributed by atoms with Gasteiger partial charge in [-0.25, -0.2) is 0 Å². The number of rotatable bonds is 2. The summed E-state index contributed by atoms with van der Waals surface area (Å²) in [6.07, 6.45) is 3.18. The SMILES string of the molecule is N#C[C@@H]1C(=O)Nc2nc(N3CCCCC3)[nH]c(=O)c2[C@H]1c1ccc(Cl)cc1Cl. The van der Waals surface area contributed by atoms with Crippen molar-refractivity contribution < 1.29 is 4.79 Å². The maximum atomic E-state index is 13.0. The van der Waals surface area contributed by atoms with Gasteiger partial charge in [0, 0.05) is 29.1 Å². The fraction of sp³-hybridized carbons (Fsp3) is 0.368. The number of amides is 1. The number of carbonyl (C=O) groups is 1. The minimum absolute atomic E-state index is 0.178.